The number of rotatable bonds is 7. The van der Waals surface area contributed by atoms with Gasteiger partial charge in [0.05, 0.1) is 33.8 Å². The zero-order valence-electron chi connectivity index (χ0n) is 20.1. The standard InChI is InChI=1S/C24H29N5O4S2/c1-24(2,3)19-13-25-20(33-19)16-34-21-14-26-22(35-21)28(23(30)27-10-5-4-6-11-27)15-17-8-7-9-18(12-17)29(31)32/h7-9,12-14H,4-6,10-11,15-16H2,1-3H3. The fourth-order valence-corrected chi connectivity index (χ4v) is 5.53. The van der Waals surface area contributed by atoms with Gasteiger partial charge in [0, 0.05) is 30.6 Å². The normalized spacial score (nSPS) is 14.2. The van der Waals surface area contributed by atoms with E-state index in [4.69, 9.17) is 4.42 Å². The molecule has 2 amide bonds. The van der Waals surface area contributed by atoms with Crippen LogP contribution < -0.4 is 4.90 Å². The van der Waals surface area contributed by atoms with Crippen molar-refractivity contribution >= 4 is 39.9 Å². The van der Waals surface area contributed by atoms with Crippen molar-refractivity contribution in [1.82, 2.24) is 14.9 Å². The number of piperidine rings is 1. The van der Waals surface area contributed by atoms with Gasteiger partial charge in [0.2, 0.25) is 5.89 Å². The van der Waals surface area contributed by atoms with Crippen LogP contribution >= 0.6 is 23.1 Å². The number of hydrogen-bond acceptors (Lipinski definition) is 8. The van der Waals surface area contributed by atoms with E-state index in [9.17, 15) is 14.9 Å². The van der Waals surface area contributed by atoms with Gasteiger partial charge in [-0.25, -0.2) is 14.8 Å². The smallest absolute Gasteiger partial charge is 0.326 e. The van der Waals surface area contributed by atoms with E-state index >= 15 is 0 Å². The maximum Gasteiger partial charge on any atom is 0.326 e. The molecule has 3 heterocycles. The number of amides is 2. The first-order valence-corrected chi connectivity index (χ1v) is 13.3. The molecule has 0 aliphatic carbocycles. The molecule has 4 rings (SSSR count). The second-order valence-corrected chi connectivity index (χ2v) is 11.7. The molecule has 0 bridgehead atoms. The van der Waals surface area contributed by atoms with Crippen LogP contribution in [0.2, 0.25) is 0 Å². The molecule has 186 valence electrons. The van der Waals surface area contributed by atoms with Gasteiger partial charge in [-0.2, -0.15) is 0 Å². The minimum absolute atomic E-state index is 0.00355. The molecule has 2 aromatic heterocycles. The van der Waals surface area contributed by atoms with Crippen LogP contribution in [0.25, 0.3) is 0 Å². The predicted octanol–water partition coefficient (Wildman–Crippen LogP) is 6.24. The van der Waals surface area contributed by atoms with E-state index in [2.05, 4.69) is 30.7 Å². The average molecular weight is 516 g/mol. The molecule has 1 fully saturated rings. The highest BCUT2D eigenvalue weighted by Crippen LogP contribution is 2.34. The molecule has 0 spiro atoms. The predicted molar refractivity (Wildman–Crippen MR) is 137 cm³/mol. The largest absolute Gasteiger partial charge is 0.444 e. The van der Waals surface area contributed by atoms with Gasteiger partial charge in [0.15, 0.2) is 5.13 Å². The highest BCUT2D eigenvalue weighted by Gasteiger charge is 2.27. The van der Waals surface area contributed by atoms with E-state index in [0.717, 1.165) is 29.2 Å². The number of nitro groups is 1. The van der Waals surface area contributed by atoms with E-state index in [1.165, 1.54) is 23.5 Å². The molecule has 0 N–H and O–H groups in total. The number of oxazole rings is 1. The lowest BCUT2D eigenvalue weighted by molar-refractivity contribution is -0.384. The summed E-state index contributed by atoms with van der Waals surface area (Å²) in [6, 6.07) is 6.27. The molecular weight excluding hydrogens is 486 g/mol. The van der Waals surface area contributed by atoms with Gasteiger partial charge < -0.3 is 9.32 Å². The highest BCUT2D eigenvalue weighted by molar-refractivity contribution is 8.00. The van der Waals surface area contributed by atoms with Crippen molar-refractivity contribution in [2.45, 2.75) is 62.0 Å². The van der Waals surface area contributed by atoms with Gasteiger partial charge in [-0.15, -0.1) is 11.8 Å². The van der Waals surface area contributed by atoms with Crippen molar-refractivity contribution in [3.8, 4) is 0 Å². The summed E-state index contributed by atoms with van der Waals surface area (Å²) in [5.41, 5.74) is 0.586. The van der Waals surface area contributed by atoms with Crippen molar-refractivity contribution in [3.05, 3.63) is 64.0 Å². The van der Waals surface area contributed by atoms with Gasteiger partial charge in [0.25, 0.3) is 5.69 Å². The number of thiazole rings is 1. The molecule has 3 aromatic rings. The van der Waals surface area contributed by atoms with Crippen LogP contribution in [0.15, 0.2) is 45.3 Å². The zero-order chi connectivity index (χ0) is 25.0. The third-order valence-corrected chi connectivity index (χ3v) is 7.85. The molecule has 11 heteroatoms. The van der Waals surface area contributed by atoms with Gasteiger partial charge >= 0.3 is 6.03 Å². The first kappa shape index (κ1) is 25.2. The van der Waals surface area contributed by atoms with Gasteiger partial charge in [0.1, 0.15) is 5.76 Å². The average Bonchev–Trinajstić information content (AvgIpc) is 3.51. The number of likely N-dealkylation sites (tertiary alicyclic amines) is 1. The van der Waals surface area contributed by atoms with Crippen LogP contribution in [0.3, 0.4) is 0 Å². The zero-order valence-corrected chi connectivity index (χ0v) is 21.7. The number of non-ortho nitro benzene ring substituents is 1. The Hall–Kier alpha value is -2.92. The molecule has 35 heavy (non-hydrogen) atoms. The summed E-state index contributed by atoms with van der Waals surface area (Å²) >= 11 is 2.98. The number of benzene rings is 1. The van der Waals surface area contributed by atoms with Crippen LogP contribution in [0.5, 0.6) is 0 Å². The fourth-order valence-electron chi connectivity index (χ4n) is 3.72. The summed E-state index contributed by atoms with van der Waals surface area (Å²) in [6.07, 6.45) is 6.59. The van der Waals surface area contributed by atoms with Crippen LogP contribution in [-0.4, -0.2) is 38.9 Å². The van der Waals surface area contributed by atoms with Gasteiger partial charge in [-0.3, -0.25) is 15.0 Å². The molecule has 1 aliphatic rings. The topological polar surface area (TPSA) is 106 Å². The minimum Gasteiger partial charge on any atom is -0.444 e. The highest BCUT2D eigenvalue weighted by atomic mass is 32.2. The summed E-state index contributed by atoms with van der Waals surface area (Å²) in [7, 11) is 0. The van der Waals surface area contributed by atoms with Crippen molar-refractivity contribution in [2.24, 2.45) is 0 Å². The first-order chi connectivity index (χ1) is 16.7. The molecule has 1 saturated heterocycles. The summed E-state index contributed by atoms with van der Waals surface area (Å²) in [5, 5.41) is 11.8. The Morgan fingerprint density at radius 1 is 1.23 bits per heavy atom. The number of carbonyl (C=O) groups excluding carboxylic acids is 1. The molecule has 1 aromatic carbocycles. The Balaban J connectivity index is 1.52. The summed E-state index contributed by atoms with van der Waals surface area (Å²) in [4.78, 5) is 36.6. The Kier molecular flexibility index (Phi) is 7.75. The number of aromatic nitrogens is 2. The second-order valence-electron chi connectivity index (χ2n) is 9.46. The van der Waals surface area contributed by atoms with Crippen LogP contribution in [0.4, 0.5) is 15.6 Å². The third-order valence-electron chi connectivity index (χ3n) is 5.65. The summed E-state index contributed by atoms with van der Waals surface area (Å²) in [5.74, 6) is 2.05. The van der Waals surface area contributed by atoms with Gasteiger partial charge in [-0.1, -0.05) is 44.2 Å². The number of nitro benzene ring substituents is 1. The Labute approximate surface area is 212 Å². The number of anilines is 1. The Bertz CT molecular complexity index is 1180. The number of hydrogen-bond donors (Lipinski definition) is 0. The molecule has 0 atom stereocenters. The maximum atomic E-state index is 13.5. The van der Waals surface area contributed by atoms with Crippen molar-refractivity contribution < 1.29 is 14.1 Å². The molecule has 0 radical (unpaired) electrons. The van der Waals surface area contributed by atoms with E-state index in [0.29, 0.717) is 35.4 Å². The molecular formula is C24H29N5O4S2. The van der Waals surface area contributed by atoms with E-state index < -0.39 is 4.92 Å². The van der Waals surface area contributed by atoms with Crippen LogP contribution in [0.1, 0.15) is 57.2 Å². The molecule has 1 aliphatic heterocycles. The van der Waals surface area contributed by atoms with E-state index in [1.54, 1.807) is 41.2 Å². The number of urea groups is 1. The van der Waals surface area contributed by atoms with E-state index in [1.807, 2.05) is 4.90 Å². The minimum atomic E-state index is -0.424. The summed E-state index contributed by atoms with van der Waals surface area (Å²) < 4.78 is 6.81. The Morgan fingerprint density at radius 3 is 2.69 bits per heavy atom. The summed E-state index contributed by atoms with van der Waals surface area (Å²) in [6.45, 7) is 7.86. The van der Waals surface area contributed by atoms with Gasteiger partial charge in [-0.05, 0) is 24.8 Å². The lowest BCUT2D eigenvalue weighted by Gasteiger charge is -2.31. The van der Waals surface area contributed by atoms with Crippen LogP contribution in [0, 0.1) is 10.1 Å². The number of carbonyl (C=O) groups is 1. The van der Waals surface area contributed by atoms with E-state index in [-0.39, 0.29) is 23.7 Å². The molecule has 9 nitrogen and oxygen atoms in total. The quantitative estimate of drug-likeness (QED) is 0.208. The molecule has 0 unspecified atom stereocenters. The van der Waals surface area contributed by atoms with Crippen molar-refractivity contribution in [3.63, 3.8) is 0 Å². The van der Waals surface area contributed by atoms with Crippen molar-refractivity contribution in [2.75, 3.05) is 18.0 Å². The lowest BCUT2D eigenvalue weighted by Crippen LogP contribution is -2.45. The monoisotopic (exact) mass is 515 g/mol. The fraction of sp³-hybridized carbons (Fsp3) is 0.458. The lowest BCUT2D eigenvalue weighted by atomic mass is 9.94. The second kappa shape index (κ2) is 10.8. The third kappa shape index (κ3) is 6.40. The Morgan fingerprint density at radius 2 is 2.00 bits per heavy atom. The SMILES string of the molecule is CC(C)(C)c1cnc(CSc2cnc(N(Cc3cccc([N+](=O)[O-])c3)C(=O)N3CCCCC3)s2)o1. The number of nitrogens with zero attached hydrogens (tertiary/aromatic N) is 5. The van der Waals surface area contributed by atoms with Crippen LogP contribution in [-0.2, 0) is 17.7 Å². The maximum absolute atomic E-state index is 13.5. The first-order valence-electron chi connectivity index (χ1n) is 11.5. The number of thioether (sulfide) groups is 1. The molecule has 0 saturated carbocycles. The van der Waals surface area contributed by atoms with Crippen molar-refractivity contribution in [1.29, 1.82) is 0 Å².